The number of nitrogens with one attached hydrogen (secondary N) is 2. The Morgan fingerprint density at radius 2 is 1.96 bits per heavy atom. The van der Waals surface area contributed by atoms with Crippen molar-refractivity contribution in [3.63, 3.8) is 0 Å². The van der Waals surface area contributed by atoms with Gasteiger partial charge >= 0.3 is 0 Å². The van der Waals surface area contributed by atoms with Gasteiger partial charge in [-0.2, -0.15) is 0 Å². The van der Waals surface area contributed by atoms with Crippen molar-refractivity contribution in [2.75, 3.05) is 12.4 Å². The van der Waals surface area contributed by atoms with E-state index in [9.17, 15) is 4.39 Å². The van der Waals surface area contributed by atoms with Gasteiger partial charge in [0.15, 0.2) is 0 Å². The summed E-state index contributed by atoms with van der Waals surface area (Å²) in [5.41, 5.74) is 3.03. The summed E-state index contributed by atoms with van der Waals surface area (Å²) in [5.74, 6) is 1.68. The molecule has 0 saturated carbocycles. The summed E-state index contributed by atoms with van der Waals surface area (Å²) < 4.78 is 18.8. The van der Waals surface area contributed by atoms with Crippen LogP contribution in [0.4, 0.5) is 10.2 Å². The molecule has 2 N–H and O–H groups in total. The second-order valence-electron chi connectivity index (χ2n) is 6.47. The predicted octanol–water partition coefficient (Wildman–Crippen LogP) is 4.04. The maximum absolute atomic E-state index is 13.4. The fourth-order valence-electron chi connectivity index (χ4n) is 3.06. The van der Waals surface area contributed by atoms with E-state index >= 15 is 0 Å². The fourth-order valence-corrected chi connectivity index (χ4v) is 3.06. The van der Waals surface area contributed by atoms with Crippen LogP contribution in [-0.4, -0.2) is 32.0 Å². The van der Waals surface area contributed by atoms with Crippen molar-refractivity contribution in [1.29, 1.82) is 0 Å². The van der Waals surface area contributed by atoms with Gasteiger partial charge in [0.2, 0.25) is 0 Å². The summed E-state index contributed by atoms with van der Waals surface area (Å²) in [6, 6.07) is 6.57. The number of aromatic nitrogens is 5. The molecule has 0 spiro atoms. The molecule has 1 atom stereocenters. The molecule has 8 heteroatoms. The van der Waals surface area contributed by atoms with E-state index in [-0.39, 0.29) is 6.04 Å². The highest BCUT2D eigenvalue weighted by Crippen LogP contribution is 2.35. The molecule has 4 aromatic rings. The van der Waals surface area contributed by atoms with E-state index in [2.05, 4.69) is 30.2 Å². The minimum atomic E-state index is -0.396. The number of fused-ring (bicyclic) bond motifs is 1. The number of H-pyrrole nitrogens is 1. The number of rotatable bonds is 5. The van der Waals surface area contributed by atoms with Crippen molar-refractivity contribution < 1.29 is 9.13 Å². The maximum atomic E-state index is 13.4. The van der Waals surface area contributed by atoms with Gasteiger partial charge in [0.25, 0.3) is 0 Å². The normalized spacial score (nSPS) is 12.1. The van der Waals surface area contributed by atoms with Crippen LogP contribution in [0.15, 0.2) is 43.0 Å². The fraction of sp³-hybridized carbons (Fsp3) is 0.200. The first-order chi connectivity index (χ1) is 13.5. The van der Waals surface area contributed by atoms with Crippen LogP contribution in [0.3, 0.4) is 0 Å². The molecule has 0 saturated heterocycles. The molecule has 0 radical (unpaired) electrons. The number of anilines is 1. The number of aryl methyl sites for hydroxylation is 1. The van der Waals surface area contributed by atoms with Crippen LogP contribution >= 0.6 is 0 Å². The summed E-state index contributed by atoms with van der Waals surface area (Å²) in [7, 11) is 1.59. The Morgan fingerprint density at radius 1 is 1.11 bits per heavy atom. The second kappa shape index (κ2) is 7.22. The molecule has 0 aliphatic rings. The molecule has 3 aromatic heterocycles. The number of pyridine rings is 1. The van der Waals surface area contributed by atoms with Gasteiger partial charge in [0.05, 0.1) is 35.9 Å². The number of aromatic amines is 1. The Hall–Kier alpha value is -3.55. The molecule has 0 aliphatic heterocycles. The summed E-state index contributed by atoms with van der Waals surface area (Å²) in [4.78, 5) is 20.6. The van der Waals surface area contributed by atoms with Crippen LogP contribution in [0.25, 0.3) is 22.2 Å². The third-order valence-corrected chi connectivity index (χ3v) is 4.44. The number of methoxy groups -OCH3 is 1. The summed E-state index contributed by atoms with van der Waals surface area (Å²) in [5, 5.41) is 4.16. The second-order valence-corrected chi connectivity index (χ2v) is 6.47. The van der Waals surface area contributed by atoms with E-state index in [4.69, 9.17) is 4.74 Å². The number of hydrogen-bond acceptors (Lipinski definition) is 6. The average molecular weight is 378 g/mol. The van der Waals surface area contributed by atoms with E-state index in [1.807, 2.05) is 26.0 Å². The summed E-state index contributed by atoms with van der Waals surface area (Å²) in [6.07, 6.45) is 4.46. The first-order valence-corrected chi connectivity index (χ1v) is 8.78. The van der Waals surface area contributed by atoms with Crippen molar-refractivity contribution in [1.82, 2.24) is 24.9 Å². The molecule has 1 aromatic carbocycles. The zero-order valence-electron chi connectivity index (χ0n) is 15.7. The van der Waals surface area contributed by atoms with E-state index in [1.54, 1.807) is 19.4 Å². The molecule has 0 aliphatic carbocycles. The quantitative estimate of drug-likeness (QED) is 0.545. The highest BCUT2D eigenvalue weighted by molar-refractivity contribution is 6.02. The van der Waals surface area contributed by atoms with Crippen molar-refractivity contribution >= 4 is 16.7 Å². The molecule has 3 heterocycles. The van der Waals surface area contributed by atoms with Crippen LogP contribution in [0.2, 0.25) is 0 Å². The number of imidazole rings is 1. The highest BCUT2D eigenvalue weighted by Gasteiger charge is 2.17. The van der Waals surface area contributed by atoms with Crippen molar-refractivity contribution in [3.05, 3.63) is 60.3 Å². The molecule has 0 amide bonds. The van der Waals surface area contributed by atoms with Gasteiger partial charge in [-0.05, 0) is 32.0 Å². The van der Waals surface area contributed by atoms with Gasteiger partial charge < -0.3 is 15.0 Å². The van der Waals surface area contributed by atoms with E-state index < -0.39 is 5.82 Å². The smallest absolute Gasteiger partial charge is 0.141 e. The molecular formula is C20H19FN6O. The predicted molar refractivity (Wildman–Crippen MR) is 105 cm³/mol. The lowest BCUT2D eigenvalue weighted by molar-refractivity contribution is 0.415. The minimum Gasteiger partial charge on any atom is -0.497 e. The van der Waals surface area contributed by atoms with Crippen LogP contribution in [0.5, 0.6) is 5.75 Å². The lowest BCUT2D eigenvalue weighted by atomic mass is 10.0. The van der Waals surface area contributed by atoms with Gasteiger partial charge in [0.1, 0.15) is 29.5 Å². The molecule has 0 unspecified atom stereocenters. The zero-order chi connectivity index (χ0) is 19.7. The molecule has 28 heavy (non-hydrogen) atoms. The van der Waals surface area contributed by atoms with E-state index in [0.29, 0.717) is 22.8 Å². The monoisotopic (exact) mass is 378 g/mol. The van der Waals surface area contributed by atoms with Crippen LogP contribution in [0.1, 0.15) is 24.5 Å². The SMILES string of the molecule is COc1cc(-c2ccc(F)cn2)c2c(N[C@H](C)c3ncc(C)[nH]3)ncnc2c1. The van der Waals surface area contributed by atoms with E-state index in [0.717, 1.165) is 22.5 Å². The zero-order valence-corrected chi connectivity index (χ0v) is 15.7. The Balaban J connectivity index is 1.86. The molecule has 0 bridgehead atoms. The standard InChI is InChI=1S/C20H19FN6O/c1-11-8-23-19(26-11)12(2)27-20-18-15(16-5-4-13(21)9-22-16)6-14(28-3)7-17(18)24-10-25-20/h4-10,12H,1-3H3,(H,23,26)(H,24,25,27)/t12-/m1/s1. The average Bonchev–Trinajstić information content (AvgIpc) is 3.14. The Labute approximate surface area is 161 Å². The first-order valence-electron chi connectivity index (χ1n) is 8.78. The molecule has 7 nitrogen and oxygen atoms in total. The van der Waals surface area contributed by atoms with Gasteiger partial charge in [-0.1, -0.05) is 0 Å². The van der Waals surface area contributed by atoms with Crippen LogP contribution in [0, 0.1) is 12.7 Å². The lowest BCUT2D eigenvalue weighted by Gasteiger charge is -2.16. The third kappa shape index (κ3) is 3.36. The van der Waals surface area contributed by atoms with Crippen LogP contribution < -0.4 is 10.1 Å². The summed E-state index contributed by atoms with van der Waals surface area (Å²) in [6.45, 7) is 3.94. The lowest BCUT2D eigenvalue weighted by Crippen LogP contribution is -2.10. The topological polar surface area (TPSA) is 88.6 Å². The largest absolute Gasteiger partial charge is 0.497 e. The van der Waals surface area contributed by atoms with Crippen molar-refractivity contribution in [2.24, 2.45) is 0 Å². The Bertz CT molecular complexity index is 1130. The molecule has 4 rings (SSSR count). The minimum absolute atomic E-state index is 0.108. The Kier molecular flexibility index (Phi) is 4.60. The third-order valence-electron chi connectivity index (χ3n) is 4.44. The number of halogens is 1. The maximum Gasteiger partial charge on any atom is 0.141 e. The number of nitrogens with zero attached hydrogens (tertiary/aromatic N) is 4. The molecular weight excluding hydrogens is 359 g/mol. The Morgan fingerprint density at radius 3 is 2.64 bits per heavy atom. The number of hydrogen-bond donors (Lipinski definition) is 2. The summed E-state index contributed by atoms with van der Waals surface area (Å²) >= 11 is 0. The van der Waals surface area contributed by atoms with Gasteiger partial charge in [-0.25, -0.2) is 19.3 Å². The number of benzene rings is 1. The van der Waals surface area contributed by atoms with Crippen LogP contribution in [-0.2, 0) is 0 Å². The van der Waals surface area contributed by atoms with Gasteiger partial charge in [-0.15, -0.1) is 0 Å². The van der Waals surface area contributed by atoms with Crippen molar-refractivity contribution in [2.45, 2.75) is 19.9 Å². The highest BCUT2D eigenvalue weighted by atomic mass is 19.1. The number of ether oxygens (including phenoxy) is 1. The molecule has 0 fully saturated rings. The molecule has 142 valence electrons. The van der Waals surface area contributed by atoms with E-state index in [1.165, 1.54) is 18.6 Å². The first kappa shape index (κ1) is 17.8. The van der Waals surface area contributed by atoms with Crippen molar-refractivity contribution in [3.8, 4) is 17.0 Å². The van der Waals surface area contributed by atoms with Gasteiger partial charge in [-0.3, -0.25) is 4.98 Å². The van der Waals surface area contributed by atoms with Gasteiger partial charge in [0, 0.05) is 23.5 Å².